The fourth-order valence-corrected chi connectivity index (χ4v) is 2.52. The highest BCUT2D eigenvalue weighted by Crippen LogP contribution is 2.32. The van der Waals surface area contributed by atoms with Crippen LogP contribution in [0.3, 0.4) is 0 Å². The molecule has 6 heteroatoms. The van der Waals surface area contributed by atoms with Crippen LogP contribution in [0.2, 0.25) is 5.02 Å². The Hall–Kier alpha value is -0.620. The first-order chi connectivity index (χ1) is 8.60. The average Bonchev–Trinajstić information content (AvgIpc) is 2.34. The van der Waals surface area contributed by atoms with E-state index in [4.69, 9.17) is 22.1 Å². The van der Waals surface area contributed by atoms with Gasteiger partial charge < -0.3 is 10.5 Å². The Bertz CT molecular complexity index is 578. The van der Waals surface area contributed by atoms with Crippen LogP contribution in [0.1, 0.15) is 5.56 Å². The molecule has 0 saturated heterocycles. The van der Waals surface area contributed by atoms with Crippen molar-refractivity contribution in [3.8, 4) is 11.6 Å². The minimum Gasteiger partial charge on any atom is -0.438 e. The third kappa shape index (κ3) is 3.23. The number of rotatable bonds is 3. The molecule has 0 saturated carbocycles. The second kappa shape index (κ2) is 6.02. The van der Waals surface area contributed by atoms with Crippen LogP contribution in [0, 0.1) is 0 Å². The van der Waals surface area contributed by atoms with Gasteiger partial charge in [-0.05, 0) is 40.2 Å². The molecule has 0 radical (unpaired) electrons. The molecule has 0 aliphatic carbocycles. The van der Waals surface area contributed by atoms with Crippen LogP contribution in [0.25, 0.3) is 0 Å². The maximum Gasteiger partial charge on any atom is 0.233 e. The molecule has 1 aromatic heterocycles. The van der Waals surface area contributed by atoms with E-state index >= 15 is 0 Å². The summed E-state index contributed by atoms with van der Waals surface area (Å²) in [5.74, 6) is 1.13. The van der Waals surface area contributed by atoms with E-state index in [0.717, 1.165) is 10.0 Å². The van der Waals surface area contributed by atoms with Crippen molar-refractivity contribution >= 4 is 43.5 Å². The Morgan fingerprint density at radius 3 is 2.72 bits per heavy atom. The molecule has 1 aromatic carbocycles. The number of hydrogen-bond donors (Lipinski definition) is 1. The Balaban J connectivity index is 2.33. The van der Waals surface area contributed by atoms with Crippen molar-refractivity contribution in [2.75, 3.05) is 0 Å². The summed E-state index contributed by atoms with van der Waals surface area (Å²) >= 11 is 12.6. The number of nitrogens with two attached hydrogens (primary N) is 1. The quantitative estimate of drug-likeness (QED) is 0.836. The van der Waals surface area contributed by atoms with E-state index in [2.05, 4.69) is 36.8 Å². The van der Waals surface area contributed by atoms with Crippen LogP contribution in [0.15, 0.2) is 39.4 Å². The van der Waals surface area contributed by atoms with Crippen LogP contribution in [0.5, 0.6) is 11.6 Å². The fourth-order valence-electron chi connectivity index (χ4n) is 1.39. The normalized spacial score (nSPS) is 10.4. The van der Waals surface area contributed by atoms with Gasteiger partial charge >= 0.3 is 0 Å². The second-order valence-electron chi connectivity index (χ2n) is 3.50. The van der Waals surface area contributed by atoms with Gasteiger partial charge in [0.15, 0.2) is 0 Å². The summed E-state index contributed by atoms with van der Waals surface area (Å²) in [6.07, 6.45) is 1.53. The standard InChI is InChI=1S/C12H9Br2ClN2O/c13-8-1-2-11(7(3-8)5-16)18-12-10(14)4-9(15)6-17-12/h1-4,6H,5,16H2. The third-order valence-corrected chi connectivity index (χ3v) is 3.49. The molecule has 3 nitrogen and oxygen atoms in total. The van der Waals surface area contributed by atoms with Crippen LogP contribution in [0.4, 0.5) is 0 Å². The third-order valence-electron chi connectivity index (χ3n) is 2.22. The number of nitrogens with zero attached hydrogens (tertiary/aromatic N) is 1. The molecule has 0 fully saturated rings. The van der Waals surface area contributed by atoms with Gasteiger partial charge in [-0.1, -0.05) is 27.5 Å². The van der Waals surface area contributed by atoms with Crippen molar-refractivity contribution in [2.45, 2.75) is 6.54 Å². The highest BCUT2D eigenvalue weighted by molar-refractivity contribution is 9.10. The Kier molecular flexibility index (Phi) is 4.61. The molecule has 2 N–H and O–H groups in total. The maximum atomic E-state index is 5.83. The summed E-state index contributed by atoms with van der Waals surface area (Å²) in [5.41, 5.74) is 6.58. The first-order valence-corrected chi connectivity index (χ1v) is 7.04. The minimum atomic E-state index is 0.389. The fraction of sp³-hybridized carbons (Fsp3) is 0.0833. The van der Waals surface area contributed by atoms with Crippen molar-refractivity contribution in [3.63, 3.8) is 0 Å². The SMILES string of the molecule is NCc1cc(Br)ccc1Oc1ncc(Cl)cc1Br. The lowest BCUT2D eigenvalue weighted by Gasteiger charge is -2.10. The van der Waals surface area contributed by atoms with Crippen molar-refractivity contribution in [1.29, 1.82) is 0 Å². The average molecular weight is 392 g/mol. The number of ether oxygens (including phenoxy) is 1. The van der Waals surface area contributed by atoms with E-state index in [1.807, 2.05) is 18.2 Å². The summed E-state index contributed by atoms with van der Waals surface area (Å²) in [6.45, 7) is 0.389. The zero-order valence-electron chi connectivity index (χ0n) is 9.16. The summed E-state index contributed by atoms with van der Waals surface area (Å²) in [5, 5.41) is 0.545. The number of benzene rings is 1. The molecule has 0 spiro atoms. The van der Waals surface area contributed by atoms with E-state index < -0.39 is 0 Å². The lowest BCUT2D eigenvalue weighted by atomic mass is 10.2. The predicted octanol–water partition coefficient (Wildman–Crippen LogP) is 4.51. The molecule has 1 heterocycles. The lowest BCUT2D eigenvalue weighted by Crippen LogP contribution is -2.00. The minimum absolute atomic E-state index is 0.389. The van der Waals surface area contributed by atoms with Gasteiger partial charge in [-0.25, -0.2) is 4.98 Å². The molecule has 18 heavy (non-hydrogen) atoms. The molecule has 0 amide bonds. The highest BCUT2D eigenvalue weighted by atomic mass is 79.9. The van der Waals surface area contributed by atoms with E-state index in [1.54, 1.807) is 6.07 Å². The number of pyridine rings is 1. The van der Waals surface area contributed by atoms with Crippen LogP contribution >= 0.6 is 43.5 Å². The van der Waals surface area contributed by atoms with Crippen molar-refractivity contribution in [3.05, 3.63) is 50.0 Å². The monoisotopic (exact) mass is 390 g/mol. The van der Waals surface area contributed by atoms with Crippen LogP contribution in [-0.4, -0.2) is 4.98 Å². The van der Waals surface area contributed by atoms with Gasteiger partial charge in [-0.3, -0.25) is 0 Å². The van der Waals surface area contributed by atoms with Crippen molar-refractivity contribution in [1.82, 2.24) is 4.98 Å². The van der Waals surface area contributed by atoms with E-state index in [0.29, 0.717) is 27.7 Å². The number of aromatic nitrogens is 1. The maximum absolute atomic E-state index is 5.83. The van der Waals surface area contributed by atoms with Gasteiger partial charge in [0.2, 0.25) is 5.88 Å². The highest BCUT2D eigenvalue weighted by Gasteiger charge is 2.09. The van der Waals surface area contributed by atoms with Crippen molar-refractivity contribution in [2.24, 2.45) is 5.73 Å². The molecule has 2 rings (SSSR count). The largest absolute Gasteiger partial charge is 0.438 e. The van der Waals surface area contributed by atoms with E-state index in [9.17, 15) is 0 Å². The van der Waals surface area contributed by atoms with Crippen LogP contribution < -0.4 is 10.5 Å². The zero-order valence-corrected chi connectivity index (χ0v) is 13.1. The zero-order chi connectivity index (χ0) is 13.1. The Morgan fingerprint density at radius 2 is 2.06 bits per heavy atom. The molecule has 0 aliphatic heterocycles. The van der Waals surface area contributed by atoms with E-state index in [-0.39, 0.29) is 0 Å². The van der Waals surface area contributed by atoms with Gasteiger partial charge in [0.25, 0.3) is 0 Å². The van der Waals surface area contributed by atoms with Gasteiger partial charge in [0.05, 0.1) is 9.50 Å². The van der Waals surface area contributed by atoms with Gasteiger partial charge in [0, 0.05) is 22.8 Å². The Labute approximate surface area is 127 Å². The van der Waals surface area contributed by atoms with E-state index in [1.165, 1.54) is 6.20 Å². The van der Waals surface area contributed by atoms with Gasteiger partial charge in [0.1, 0.15) is 5.75 Å². The first kappa shape index (κ1) is 13.8. The molecular weight excluding hydrogens is 383 g/mol. The Morgan fingerprint density at radius 1 is 1.28 bits per heavy atom. The summed E-state index contributed by atoms with van der Waals surface area (Å²) < 4.78 is 7.38. The molecule has 94 valence electrons. The topological polar surface area (TPSA) is 48.1 Å². The number of halogens is 3. The molecule has 2 aromatic rings. The summed E-state index contributed by atoms with van der Waals surface area (Å²) in [4.78, 5) is 4.12. The van der Waals surface area contributed by atoms with Crippen molar-refractivity contribution < 1.29 is 4.74 Å². The first-order valence-electron chi connectivity index (χ1n) is 5.07. The molecule has 0 aliphatic rings. The van der Waals surface area contributed by atoms with Gasteiger partial charge in [-0.2, -0.15) is 0 Å². The molecule has 0 atom stereocenters. The van der Waals surface area contributed by atoms with Gasteiger partial charge in [-0.15, -0.1) is 0 Å². The lowest BCUT2D eigenvalue weighted by molar-refractivity contribution is 0.454. The summed E-state index contributed by atoms with van der Waals surface area (Å²) in [7, 11) is 0. The molecule has 0 bridgehead atoms. The predicted molar refractivity (Wildman–Crippen MR) is 79.1 cm³/mol. The molecular formula is C12H9Br2ClN2O. The number of hydrogen-bond acceptors (Lipinski definition) is 3. The summed E-state index contributed by atoms with van der Waals surface area (Å²) in [6, 6.07) is 7.37. The smallest absolute Gasteiger partial charge is 0.233 e. The van der Waals surface area contributed by atoms with Crippen LogP contribution in [-0.2, 0) is 6.54 Å². The second-order valence-corrected chi connectivity index (χ2v) is 5.71. The molecule has 0 unspecified atom stereocenters.